The minimum Gasteiger partial charge on any atom is -0.349 e. The van der Waals surface area contributed by atoms with E-state index in [1.807, 2.05) is 0 Å². The van der Waals surface area contributed by atoms with Crippen LogP contribution in [0.15, 0.2) is 24.3 Å². The summed E-state index contributed by atoms with van der Waals surface area (Å²) in [5.74, 6) is -1.19. The summed E-state index contributed by atoms with van der Waals surface area (Å²) in [7, 11) is 0. The molecule has 1 aromatic carbocycles. The molecule has 1 aliphatic heterocycles. The molecule has 2 heterocycles. The van der Waals surface area contributed by atoms with Gasteiger partial charge in [0.2, 0.25) is 11.8 Å². The maximum Gasteiger partial charge on any atom is 0.435 e. The number of halogens is 4. The minimum absolute atomic E-state index is 0.175. The lowest BCUT2D eigenvalue weighted by atomic mass is 9.92. The number of carbonyl (C=O) groups is 2. The van der Waals surface area contributed by atoms with Gasteiger partial charge in [-0.3, -0.25) is 14.3 Å². The number of aromatic nitrogens is 2. The lowest BCUT2D eigenvalue weighted by Gasteiger charge is -2.33. The number of benzene rings is 1. The molecule has 0 spiro atoms. The van der Waals surface area contributed by atoms with E-state index in [1.54, 1.807) is 6.07 Å². The molecule has 6 nitrogen and oxygen atoms in total. The van der Waals surface area contributed by atoms with E-state index in [0.717, 1.165) is 11.1 Å². The Morgan fingerprint density at radius 3 is 2.74 bits per heavy atom. The van der Waals surface area contributed by atoms with Crippen LogP contribution in [-0.4, -0.2) is 27.6 Å². The van der Waals surface area contributed by atoms with Crippen molar-refractivity contribution in [2.24, 2.45) is 0 Å². The molecule has 166 valence electrons. The first-order valence-corrected chi connectivity index (χ1v) is 10.2. The normalized spacial score (nSPS) is 21.4. The molecule has 2 unspecified atom stereocenters. The van der Waals surface area contributed by atoms with Gasteiger partial charge in [0.25, 0.3) is 0 Å². The van der Waals surface area contributed by atoms with Gasteiger partial charge in [-0.2, -0.15) is 18.3 Å². The molecular formula is C21H22F4N4O2. The van der Waals surface area contributed by atoms with Crippen LogP contribution < -0.4 is 10.6 Å². The zero-order chi connectivity index (χ0) is 22.2. The molecule has 1 aromatic heterocycles. The molecule has 2 amide bonds. The Bertz CT molecular complexity index is 1000. The van der Waals surface area contributed by atoms with E-state index in [1.165, 1.54) is 18.2 Å². The van der Waals surface area contributed by atoms with Crippen LogP contribution in [0.25, 0.3) is 0 Å². The molecule has 2 aromatic rings. The van der Waals surface area contributed by atoms with Gasteiger partial charge in [-0.25, -0.2) is 4.39 Å². The molecule has 1 saturated heterocycles. The Balaban J connectivity index is 1.53. The molecule has 2 aliphatic rings. The predicted molar refractivity (Wildman–Crippen MR) is 102 cm³/mol. The number of nitrogens with one attached hydrogen (secondary N) is 2. The monoisotopic (exact) mass is 438 g/mol. The highest BCUT2D eigenvalue weighted by Crippen LogP contribution is 2.35. The quantitative estimate of drug-likeness (QED) is 0.721. The number of nitrogens with zero attached hydrogens (tertiary/aromatic N) is 2. The van der Waals surface area contributed by atoms with Gasteiger partial charge >= 0.3 is 6.18 Å². The number of carbonyl (C=O) groups excluding carboxylic acids is 2. The molecular weight excluding hydrogens is 416 g/mol. The molecule has 1 fully saturated rings. The second-order valence-corrected chi connectivity index (χ2v) is 7.95. The van der Waals surface area contributed by atoms with Crippen molar-refractivity contribution in [1.29, 1.82) is 0 Å². The van der Waals surface area contributed by atoms with Gasteiger partial charge in [-0.05, 0) is 49.8 Å². The van der Waals surface area contributed by atoms with Gasteiger partial charge in [-0.1, -0.05) is 12.1 Å². The number of fused-ring (bicyclic) bond motifs is 1. The van der Waals surface area contributed by atoms with Crippen molar-refractivity contribution in [3.63, 3.8) is 0 Å². The molecule has 4 rings (SSSR count). The molecule has 0 bridgehead atoms. The molecule has 2 atom stereocenters. The third kappa shape index (κ3) is 4.57. The summed E-state index contributed by atoms with van der Waals surface area (Å²) >= 11 is 0. The fourth-order valence-corrected chi connectivity index (χ4v) is 4.39. The fourth-order valence-electron chi connectivity index (χ4n) is 4.39. The number of hydrogen-bond donors (Lipinski definition) is 2. The topological polar surface area (TPSA) is 76.0 Å². The molecule has 2 N–H and O–H groups in total. The van der Waals surface area contributed by atoms with Gasteiger partial charge in [0.05, 0.1) is 12.1 Å². The Hall–Kier alpha value is -2.91. The average molecular weight is 438 g/mol. The van der Waals surface area contributed by atoms with E-state index < -0.39 is 35.7 Å². The second-order valence-electron chi connectivity index (χ2n) is 7.95. The summed E-state index contributed by atoms with van der Waals surface area (Å²) in [4.78, 5) is 24.6. The maximum atomic E-state index is 13.7. The number of amides is 2. The summed E-state index contributed by atoms with van der Waals surface area (Å²) in [6.45, 7) is -0.348. The fraction of sp³-hybridized carbons (Fsp3) is 0.476. The lowest BCUT2D eigenvalue weighted by Crippen LogP contribution is -2.50. The predicted octanol–water partition coefficient (Wildman–Crippen LogP) is 3.06. The summed E-state index contributed by atoms with van der Waals surface area (Å²) in [5, 5.41) is 9.26. The number of hydrogen-bond acceptors (Lipinski definition) is 3. The van der Waals surface area contributed by atoms with Crippen LogP contribution in [0.3, 0.4) is 0 Å². The third-order valence-electron chi connectivity index (χ3n) is 5.77. The van der Waals surface area contributed by atoms with E-state index >= 15 is 0 Å². The average Bonchev–Trinajstić information content (AvgIpc) is 3.08. The summed E-state index contributed by atoms with van der Waals surface area (Å²) < 4.78 is 54.9. The Labute approximate surface area is 176 Å². The van der Waals surface area contributed by atoms with Crippen LogP contribution in [0, 0.1) is 5.82 Å². The maximum absolute atomic E-state index is 13.7. The van der Waals surface area contributed by atoms with Crippen molar-refractivity contribution in [3.05, 3.63) is 52.6 Å². The first-order chi connectivity index (χ1) is 14.7. The number of alkyl halides is 3. The van der Waals surface area contributed by atoms with E-state index in [2.05, 4.69) is 15.7 Å². The van der Waals surface area contributed by atoms with Crippen LogP contribution in [0.2, 0.25) is 0 Å². The van der Waals surface area contributed by atoms with E-state index in [0.29, 0.717) is 36.9 Å². The van der Waals surface area contributed by atoms with Gasteiger partial charge < -0.3 is 10.6 Å². The summed E-state index contributed by atoms with van der Waals surface area (Å²) in [5.41, 5.74) is 0.216. The van der Waals surface area contributed by atoms with Crippen LogP contribution in [0.4, 0.5) is 17.6 Å². The van der Waals surface area contributed by atoms with Gasteiger partial charge in [0.1, 0.15) is 12.4 Å². The molecule has 0 radical (unpaired) electrons. The molecule has 0 saturated carbocycles. The van der Waals surface area contributed by atoms with E-state index in [9.17, 15) is 27.2 Å². The standard InChI is InChI=1S/C21H22F4N4O2/c22-13-5-3-4-12(10-13)19-15(8-9-17(30)27-19)26-18(31)11-29-16-7-2-1-6-14(16)20(28-29)21(23,24)25/h3-5,10,15,19H,1-2,6-9,11H2,(H,26,31)(H,27,30). The lowest BCUT2D eigenvalue weighted by molar-refractivity contribution is -0.142. The first kappa shape index (κ1) is 21.3. The Morgan fingerprint density at radius 1 is 1.23 bits per heavy atom. The van der Waals surface area contributed by atoms with Crippen molar-refractivity contribution in [3.8, 4) is 0 Å². The Morgan fingerprint density at radius 2 is 2.00 bits per heavy atom. The van der Waals surface area contributed by atoms with E-state index in [4.69, 9.17) is 0 Å². The molecule has 10 heteroatoms. The minimum atomic E-state index is -4.57. The van der Waals surface area contributed by atoms with Crippen LogP contribution in [0.1, 0.15) is 54.2 Å². The Kier molecular flexibility index (Phi) is 5.72. The molecule has 1 aliphatic carbocycles. The highest BCUT2D eigenvalue weighted by Gasteiger charge is 2.40. The second kappa shape index (κ2) is 8.32. The third-order valence-corrected chi connectivity index (χ3v) is 5.77. The van der Waals surface area contributed by atoms with Crippen LogP contribution in [0.5, 0.6) is 0 Å². The summed E-state index contributed by atoms with van der Waals surface area (Å²) in [6, 6.07) is 4.59. The highest BCUT2D eigenvalue weighted by molar-refractivity contribution is 5.79. The van der Waals surface area contributed by atoms with Crippen LogP contribution >= 0.6 is 0 Å². The van der Waals surface area contributed by atoms with Crippen molar-refractivity contribution in [2.75, 3.05) is 0 Å². The summed E-state index contributed by atoms with van der Waals surface area (Å²) in [6.07, 6.45) is -1.91. The van der Waals surface area contributed by atoms with Crippen molar-refractivity contribution < 1.29 is 27.2 Å². The number of piperidine rings is 1. The van der Waals surface area contributed by atoms with Crippen molar-refractivity contribution in [2.45, 2.75) is 63.3 Å². The largest absolute Gasteiger partial charge is 0.435 e. The zero-order valence-electron chi connectivity index (χ0n) is 16.6. The first-order valence-electron chi connectivity index (χ1n) is 10.2. The van der Waals surface area contributed by atoms with Crippen LogP contribution in [-0.2, 0) is 35.2 Å². The smallest absolute Gasteiger partial charge is 0.349 e. The van der Waals surface area contributed by atoms with E-state index in [-0.39, 0.29) is 24.4 Å². The van der Waals surface area contributed by atoms with Crippen molar-refractivity contribution >= 4 is 11.8 Å². The van der Waals surface area contributed by atoms with Crippen molar-refractivity contribution in [1.82, 2.24) is 20.4 Å². The van der Waals surface area contributed by atoms with Gasteiger partial charge in [0, 0.05) is 17.7 Å². The highest BCUT2D eigenvalue weighted by atomic mass is 19.4. The SMILES string of the molecule is O=C(Cn1nc(C(F)(F)F)c2c1CCCC2)NC1CCC(=O)NC1c1cccc(F)c1. The van der Waals surface area contributed by atoms with Gasteiger partial charge in [-0.15, -0.1) is 0 Å². The zero-order valence-corrected chi connectivity index (χ0v) is 16.6. The number of rotatable bonds is 4. The van der Waals surface area contributed by atoms with Gasteiger partial charge in [0.15, 0.2) is 5.69 Å². The molecule has 31 heavy (non-hydrogen) atoms.